The summed E-state index contributed by atoms with van der Waals surface area (Å²) < 4.78 is 5.41. The van der Waals surface area contributed by atoms with Crippen LogP contribution in [0.15, 0.2) is 0 Å². The molecule has 0 aromatic rings. The predicted molar refractivity (Wildman–Crippen MR) is 44.2 cm³/mol. The zero-order valence-electron chi connectivity index (χ0n) is 7.63. The molecule has 2 heteroatoms. The highest BCUT2D eigenvalue weighted by Crippen LogP contribution is 2.31. The average molecular weight is 158 g/mol. The third kappa shape index (κ3) is 2.46. The third-order valence-corrected chi connectivity index (χ3v) is 2.20. The zero-order chi connectivity index (χ0) is 8.48. The van der Waals surface area contributed by atoms with Crippen LogP contribution >= 0.6 is 0 Å². The molecule has 2 nitrogen and oxygen atoms in total. The zero-order valence-corrected chi connectivity index (χ0v) is 7.63. The third-order valence-electron chi connectivity index (χ3n) is 2.20. The average Bonchev–Trinajstić information content (AvgIpc) is 1.86. The molecule has 0 aromatic carbocycles. The SMILES string of the molecule is CC(C)(C)[C@H]1CCCC(O)O1. The molecule has 0 radical (unpaired) electrons. The van der Waals surface area contributed by atoms with Gasteiger partial charge < -0.3 is 9.84 Å². The molecule has 11 heavy (non-hydrogen) atoms. The van der Waals surface area contributed by atoms with E-state index in [9.17, 15) is 5.11 Å². The van der Waals surface area contributed by atoms with E-state index in [2.05, 4.69) is 20.8 Å². The fourth-order valence-corrected chi connectivity index (χ4v) is 1.44. The Hall–Kier alpha value is -0.0800. The van der Waals surface area contributed by atoms with Crippen molar-refractivity contribution in [3.8, 4) is 0 Å². The first-order valence-corrected chi connectivity index (χ1v) is 4.33. The summed E-state index contributed by atoms with van der Waals surface area (Å²) in [5.41, 5.74) is 0.168. The standard InChI is InChI=1S/C9H18O2/c1-9(2,3)7-5-4-6-8(10)11-7/h7-8,10H,4-6H2,1-3H3/t7-,8?/m1/s1. The number of hydrogen-bond donors (Lipinski definition) is 1. The van der Waals surface area contributed by atoms with Gasteiger partial charge in [-0.25, -0.2) is 0 Å². The van der Waals surface area contributed by atoms with Crippen LogP contribution in [0.4, 0.5) is 0 Å². The van der Waals surface area contributed by atoms with E-state index in [4.69, 9.17) is 4.74 Å². The Bertz CT molecular complexity index is 126. The van der Waals surface area contributed by atoms with Crippen molar-refractivity contribution in [2.75, 3.05) is 0 Å². The predicted octanol–water partition coefficient (Wildman–Crippen LogP) is 1.92. The van der Waals surface area contributed by atoms with Crippen LogP contribution in [0.25, 0.3) is 0 Å². The van der Waals surface area contributed by atoms with Crippen LogP contribution < -0.4 is 0 Å². The molecule has 0 aliphatic carbocycles. The first-order valence-electron chi connectivity index (χ1n) is 4.33. The Morgan fingerprint density at radius 1 is 1.27 bits per heavy atom. The summed E-state index contributed by atoms with van der Waals surface area (Å²) in [7, 11) is 0. The van der Waals surface area contributed by atoms with Gasteiger partial charge in [0.25, 0.3) is 0 Å². The minimum atomic E-state index is -0.520. The Balaban J connectivity index is 2.46. The van der Waals surface area contributed by atoms with Crippen LogP contribution in [0.2, 0.25) is 0 Å². The van der Waals surface area contributed by atoms with E-state index in [1.165, 1.54) is 0 Å². The van der Waals surface area contributed by atoms with Gasteiger partial charge in [0.05, 0.1) is 6.10 Å². The van der Waals surface area contributed by atoms with E-state index in [0.29, 0.717) is 0 Å². The van der Waals surface area contributed by atoms with Crippen molar-refractivity contribution >= 4 is 0 Å². The van der Waals surface area contributed by atoms with Crippen molar-refractivity contribution in [2.24, 2.45) is 5.41 Å². The minimum absolute atomic E-state index is 0.168. The molecule has 1 aliphatic heterocycles. The Morgan fingerprint density at radius 2 is 1.91 bits per heavy atom. The van der Waals surface area contributed by atoms with Crippen molar-refractivity contribution in [1.82, 2.24) is 0 Å². The molecule has 1 rings (SSSR count). The van der Waals surface area contributed by atoms with E-state index < -0.39 is 6.29 Å². The van der Waals surface area contributed by atoms with Crippen molar-refractivity contribution in [1.29, 1.82) is 0 Å². The molecule has 0 saturated carbocycles. The van der Waals surface area contributed by atoms with Crippen LogP contribution in [-0.4, -0.2) is 17.5 Å². The van der Waals surface area contributed by atoms with Gasteiger partial charge in [0.2, 0.25) is 0 Å². The lowest BCUT2D eigenvalue weighted by Crippen LogP contribution is -2.36. The molecular formula is C9H18O2. The van der Waals surface area contributed by atoms with E-state index in [1.54, 1.807) is 0 Å². The highest BCUT2D eigenvalue weighted by atomic mass is 16.6. The van der Waals surface area contributed by atoms with Gasteiger partial charge in [-0.3, -0.25) is 0 Å². The molecule has 1 unspecified atom stereocenters. The van der Waals surface area contributed by atoms with Gasteiger partial charge in [-0.15, -0.1) is 0 Å². The summed E-state index contributed by atoms with van der Waals surface area (Å²) in [5.74, 6) is 0. The van der Waals surface area contributed by atoms with Gasteiger partial charge in [0.1, 0.15) is 0 Å². The number of rotatable bonds is 0. The van der Waals surface area contributed by atoms with Crippen molar-refractivity contribution < 1.29 is 9.84 Å². The second-order valence-electron chi connectivity index (χ2n) is 4.38. The highest BCUT2D eigenvalue weighted by molar-refractivity contribution is 4.77. The largest absolute Gasteiger partial charge is 0.368 e. The van der Waals surface area contributed by atoms with Crippen LogP contribution in [0.5, 0.6) is 0 Å². The summed E-state index contributed by atoms with van der Waals surface area (Å²) in [6.07, 6.45) is 2.68. The van der Waals surface area contributed by atoms with Gasteiger partial charge in [-0.05, 0) is 24.7 Å². The normalized spacial score (nSPS) is 33.8. The number of aliphatic hydroxyl groups is 1. The van der Waals surface area contributed by atoms with E-state index in [-0.39, 0.29) is 11.5 Å². The van der Waals surface area contributed by atoms with Gasteiger partial charge in [-0.1, -0.05) is 20.8 Å². The lowest BCUT2D eigenvalue weighted by molar-refractivity contribution is -0.189. The Kier molecular flexibility index (Phi) is 2.55. The summed E-state index contributed by atoms with van der Waals surface area (Å²) in [4.78, 5) is 0. The molecule has 0 bridgehead atoms. The molecule has 0 amide bonds. The minimum Gasteiger partial charge on any atom is -0.368 e. The van der Waals surface area contributed by atoms with Gasteiger partial charge in [-0.2, -0.15) is 0 Å². The highest BCUT2D eigenvalue weighted by Gasteiger charge is 2.30. The topological polar surface area (TPSA) is 29.5 Å². The van der Waals surface area contributed by atoms with Crippen LogP contribution in [-0.2, 0) is 4.74 Å². The second kappa shape index (κ2) is 3.11. The van der Waals surface area contributed by atoms with E-state index in [1.807, 2.05) is 0 Å². The maximum absolute atomic E-state index is 9.22. The van der Waals surface area contributed by atoms with Crippen LogP contribution in [0.1, 0.15) is 40.0 Å². The van der Waals surface area contributed by atoms with E-state index >= 15 is 0 Å². The molecule has 1 fully saturated rings. The molecule has 1 saturated heterocycles. The van der Waals surface area contributed by atoms with E-state index in [0.717, 1.165) is 19.3 Å². The fourth-order valence-electron chi connectivity index (χ4n) is 1.44. The Labute approximate surface area is 68.6 Å². The molecule has 0 aromatic heterocycles. The number of aliphatic hydroxyl groups excluding tert-OH is 1. The number of ether oxygens (including phenoxy) is 1. The first-order chi connectivity index (χ1) is 5.00. The molecule has 1 heterocycles. The van der Waals surface area contributed by atoms with Crippen molar-refractivity contribution in [3.63, 3.8) is 0 Å². The lowest BCUT2D eigenvalue weighted by atomic mass is 9.85. The van der Waals surface area contributed by atoms with Gasteiger partial charge >= 0.3 is 0 Å². The van der Waals surface area contributed by atoms with Crippen LogP contribution in [0.3, 0.4) is 0 Å². The summed E-state index contributed by atoms with van der Waals surface area (Å²) in [6.45, 7) is 6.45. The monoisotopic (exact) mass is 158 g/mol. The van der Waals surface area contributed by atoms with Crippen molar-refractivity contribution in [3.05, 3.63) is 0 Å². The van der Waals surface area contributed by atoms with Gasteiger partial charge in [0.15, 0.2) is 6.29 Å². The molecule has 1 N–H and O–H groups in total. The molecule has 1 aliphatic rings. The molecule has 0 spiro atoms. The van der Waals surface area contributed by atoms with Crippen LogP contribution in [0, 0.1) is 5.41 Å². The fraction of sp³-hybridized carbons (Fsp3) is 1.00. The Morgan fingerprint density at radius 3 is 2.27 bits per heavy atom. The molecule has 2 atom stereocenters. The summed E-state index contributed by atoms with van der Waals surface area (Å²) in [5, 5.41) is 9.22. The molecule has 66 valence electrons. The van der Waals surface area contributed by atoms with Gasteiger partial charge in [0, 0.05) is 0 Å². The maximum Gasteiger partial charge on any atom is 0.154 e. The summed E-state index contributed by atoms with van der Waals surface area (Å²) in [6, 6.07) is 0. The number of hydrogen-bond acceptors (Lipinski definition) is 2. The summed E-state index contributed by atoms with van der Waals surface area (Å²) >= 11 is 0. The smallest absolute Gasteiger partial charge is 0.154 e. The first kappa shape index (κ1) is 9.01. The van der Waals surface area contributed by atoms with Crippen molar-refractivity contribution in [2.45, 2.75) is 52.4 Å². The lowest BCUT2D eigenvalue weighted by Gasteiger charge is -2.35. The second-order valence-corrected chi connectivity index (χ2v) is 4.38. The molecular weight excluding hydrogens is 140 g/mol. The quantitative estimate of drug-likeness (QED) is 0.583. The maximum atomic E-state index is 9.22.